The lowest BCUT2D eigenvalue weighted by Gasteiger charge is -2.26. The second-order valence-corrected chi connectivity index (χ2v) is 11.9. The van der Waals surface area contributed by atoms with Crippen molar-refractivity contribution in [3.05, 3.63) is 107 Å². The van der Waals surface area contributed by atoms with Crippen molar-refractivity contribution >= 4 is 28.8 Å². The van der Waals surface area contributed by atoms with Gasteiger partial charge in [0.15, 0.2) is 0 Å². The molecule has 2 aromatic carbocycles. The fourth-order valence-corrected chi connectivity index (χ4v) is 6.09. The van der Waals surface area contributed by atoms with E-state index in [1.807, 2.05) is 66.1 Å². The number of aryl methyl sites for hydroxylation is 1. The van der Waals surface area contributed by atoms with Gasteiger partial charge < -0.3 is 21.1 Å². The molecule has 11 nitrogen and oxygen atoms in total. The summed E-state index contributed by atoms with van der Waals surface area (Å²) in [4.78, 5) is 42.7. The van der Waals surface area contributed by atoms with Gasteiger partial charge in [0, 0.05) is 44.1 Å². The summed E-state index contributed by atoms with van der Waals surface area (Å²) in [7, 11) is 0. The van der Waals surface area contributed by atoms with Crippen LogP contribution in [0.3, 0.4) is 0 Å². The molecule has 1 aliphatic carbocycles. The van der Waals surface area contributed by atoms with Crippen molar-refractivity contribution in [3.63, 3.8) is 0 Å². The Labute approximate surface area is 266 Å². The molecular weight excluding hydrogens is 580 g/mol. The number of nitrogens with zero attached hydrogens (tertiary/aromatic N) is 5. The molecule has 7 rings (SSSR count). The number of carbonyl (C=O) groups is 2. The number of pyridine rings is 1. The number of aromatic nitrogens is 4. The van der Waals surface area contributed by atoms with Crippen molar-refractivity contribution in [2.24, 2.45) is 0 Å². The molecule has 46 heavy (non-hydrogen) atoms. The normalized spacial score (nSPS) is 15.8. The number of imidazole rings is 1. The zero-order valence-electron chi connectivity index (χ0n) is 25.7. The van der Waals surface area contributed by atoms with Gasteiger partial charge in [-0.1, -0.05) is 24.3 Å². The molecule has 0 unspecified atom stereocenters. The summed E-state index contributed by atoms with van der Waals surface area (Å²) in [6.07, 6.45) is 5.42. The summed E-state index contributed by atoms with van der Waals surface area (Å²) in [6.45, 7) is 6.54. The molecule has 2 aliphatic rings. The van der Waals surface area contributed by atoms with E-state index in [1.165, 1.54) is 0 Å². The lowest BCUT2D eigenvalue weighted by atomic mass is 9.93. The molecule has 4 N–H and O–H groups in total. The molecule has 2 fully saturated rings. The Kier molecular flexibility index (Phi) is 7.93. The highest BCUT2D eigenvalue weighted by atomic mass is 16.5. The molecule has 11 heteroatoms. The van der Waals surface area contributed by atoms with Crippen LogP contribution in [0.25, 0.3) is 17.0 Å². The number of morpholine rings is 1. The average Bonchev–Trinajstić information content (AvgIpc) is 3.83. The molecule has 0 atom stereocenters. The molecule has 234 valence electrons. The zero-order chi connectivity index (χ0) is 31.7. The van der Waals surface area contributed by atoms with Crippen molar-refractivity contribution < 1.29 is 14.3 Å². The average molecular weight is 617 g/mol. The number of nitrogens with two attached hydrogens (primary N) is 1. The van der Waals surface area contributed by atoms with Crippen LogP contribution in [0.1, 0.15) is 50.6 Å². The van der Waals surface area contributed by atoms with Gasteiger partial charge in [-0.15, -0.1) is 0 Å². The third-order valence-electron chi connectivity index (χ3n) is 8.86. The van der Waals surface area contributed by atoms with Gasteiger partial charge in [0.2, 0.25) is 0 Å². The molecule has 0 radical (unpaired) electrons. The van der Waals surface area contributed by atoms with Crippen LogP contribution in [0.5, 0.6) is 0 Å². The molecule has 0 spiro atoms. The maximum atomic E-state index is 13.1. The molecule has 4 heterocycles. The third-order valence-corrected chi connectivity index (χ3v) is 8.86. The number of nitrogens with one attached hydrogen (secondary N) is 2. The van der Waals surface area contributed by atoms with Gasteiger partial charge in [-0.05, 0) is 67.8 Å². The quantitative estimate of drug-likeness (QED) is 0.211. The molecule has 1 saturated heterocycles. The monoisotopic (exact) mass is 616 g/mol. The lowest BCUT2D eigenvalue weighted by molar-refractivity contribution is 0.0383. The van der Waals surface area contributed by atoms with Crippen LogP contribution in [0, 0.1) is 6.92 Å². The molecule has 3 aromatic heterocycles. The molecular formula is C35H36N8O3. The van der Waals surface area contributed by atoms with E-state index in [1.54, 1.807) is 24.4 Å². The van der Waals surface area contributed by atoms with Gasteiger partial charge in [-0.3, -0.25) is 18.9 Å². The predicted octanol–water partition coefficient (Wildman–Crippen LogP) is 4.08. The lowest BCUT2D eigenvalue weighted by Crippen LogP contribution is -2.41. The van der Waals surface area contributed by atoms with Crippen LogP contribution in [0.2, 0.25) is 0 Å². The first kappa shape index (κ1) is 29.6. The Morgan fingerprint density at radius 2 is 1.70 bits per heavy atom. The number of nitrogen functional groups attached to an aromatic ring is 1. The summed E-state index contributed by atoms with van der Waals surface area (Å²) in [6, 6.07) is 20.4. The van der Waals surface area contributed by atoms with E-state index in [9.17, 15) is 9.59 Å². The molecule has 0 bridgehead atoms. The number of ether oxygens (including phenoxy) is 1. The number of hydrogen-bond acceptors (Lipinski definition) is 8. The number of amides is 2. The minimum Gasteiger partial charge on any atom is -0.397 e. The highest BCUT2D eigenvalue weighted by Gasteiger charge is 2.48. The molecule has 2 amide bonds. The fourth-order valence-electron chi connectivity index (χ4n) is 6.09. The Hall–Kier alpha value is -5.13. The molecule has 1 aliphatic heterocycles. The Balaban J connectivity index is 1.10. The number of fused-ring (bicyclic) bond motifs is 1. The summed E-state index contributed by atoms with van der Waals surface area (Å²) < 4.78 is 7.34. The number of carbonyl (C=O) groups excluding carboxylic acids is 2. The van der Waals surface area contributed by atoms with Gasteiger partial charge in [0.05, 0.1) is 52.6 Å². The van der Waals surface area contributed by atoms with Crippen molar-refractivity contribution in [1.29, 1.82) is 0 Å². The predicted molar refractivity (Wildman–Crippen MR) is 176 cm³/mol. The minimum absolute atomic E-state index is 0.128. The van der Waals surface area contributed by atoms with E-state index in [2.05, 4.69) is 15.5 Å². The Morgan fingerprint density at radius 1 is 0.935 bits per heavy atom. The van der Waals surface area contributed by atoms with Gasteiger partial charge in [0.25, 0.3) is 11.8 Å². The number of para-hydroxylation sites is 2. The second-order valence-electron chi connectivity index (χ2n) is 11.9. The summed E-state index contributed by atoms with van der Waals surface area (Å²) in [5.74, 6) is 0.378. The number of rotatable bonds is 9. The summed E-state index contributed by atoms with van der Waals surface area (Å²) in [5, 5.41) is 5.93. The highest BCUT2D eigenvalue weighted by molar-refractivity contribution is 6.05. The highest BCUT2D eigenvalue weighted by Crippen LogP contribution is 2.52. The minimum atomic E-state index is -0.325. The van der Waals surface area contributed by atoms with Crippen molar-refractivity contribution in [2.75, 3.05) is 50.4 Å². The van der Waals surface area contributed by atoms with Gasteiger partial charge >= 0.3 is 0 Å². The number of benzene rings is 2. The third kappa shape index (κ3) is 5.82. The van der Waals surface area contributed by atoms with Crippen LogP contribution < -0.4 is 16.4 Å². The van der Waals surface area contributed by atoms with Crippen LogP contribution in [0.15, 0.2) is 79.1 Å². The first-order valence-corrected chi connectivity index (χ1v) is 15.6. The SMILES string of the molecule is Cc1nc2ccc(C(=O)NCCN3CCOCC3)cn2c1-c1ccnc(C2(c3ccc(C(=O)Nc4ccccc4N)cc3)CC2)n1. The van der Waals surface area contributed by atoms with Crippen molar-refractivity contribution in [1.82, 2.24) is 29.6 Å². The Morgan fingerprint density at radius 3 is 2.46 bits per heavy atom. The maximum Gasteiger partial charge on any atom is 0.255 e. The first-order valence-electron chi connectivity index (χ1n) is 15.6. The first-order chi connectivity index (χ1) is 22.4. The maximum absolute atomic E-state index is 13.1. The number of hydrogen-bond donors (Lipinski definition) is 3. The number of anilines is 2. The topological polar surface area (TPSA) is 140 Å². The van der Waals surface area contributed by atoms with E-state index in [0.29, 0.717) is 29.0 Å². The smallest absolute Gasteiger partial charge is 0.255 e. The second kappa shape index (κ2) is 12.3. The van der Waals surface area contributed by atoms with Gasteiger partial charge in [-0.25, -0.2) is 15.0 Å². The fraction of sp³-hybridized carbons (Fsp3) is 0.286. The van der Waals surface area contributed by atoms with Crippen LogP contribution in [-0.4, -0.2) is 75.5 Å². The van der Waals surface area contributed by atoms with Crippen LogP contribution in [0.4, 0.5) is 11.4 Å². The van der Waals surface area contributed by atoms with E-state index in [4.69, 9.17) is 25.4 Å². The van der Waals surface area contributed by atoms with Crippen molar-refractivity contribution in [2.45, 2.75) is 25.2 Å². The Bertz CT molecular complexity index is 1910. The summed E-state index contributed by atoms with van der Waals surface area (Å²) >= 11 is 0. The standard InChI is InChI=1S/C35H36N8O3/c1-23-31(43-22-25(8-11-30(43)39-23)32(44)37-16-17-42-18-20-46-21-19-42)29-12-15-38-34(41-29)35(13-14-35)26-9-6-24(7-10-26)33(45)40-28-5-3-2-4-27(28)36/h2-12,15,22H,13-14,16-21,36H2,1H3,(H,37,44)(H,40,45). The van der Waals surface area contributed by atoms with Gasteiger partial charge in [-0.2, -0.15) is 0 Å². The zero-order valence-corrected chi connectivity index (χ0v) is 25.7. The molecule has 5 aromatic rings. The van der Waals surface area contributed by atoms with E-state index < -0.39 is 0 Å². The van der Waals surface area contributed by atoms with Crippen LogP contribution >= 0.6 is 0 Å². The summed E-state index contributed by atoms with van der Waals surface area (Å²) in [5.41, 5.74) is 12.0. The van der Waals surface area contributed by atoms with E-state index in [0.717, 1.165) is 79.8 Å². The van der Waals surface area contributed by atoms with E-state index >= 15 is 0 Å². The molecule has 1 saturated carbocycles. The van der Waals surface area contributed by atoms with Gasteiger partial charge in [0.1, 0.15) is 11.5 Å². The van der Waals surface area contributed by atoms with E-state index in [-0.39, 0.29) is 17.2 Å². The largest absolute Gasteiger partial charge is 0.397 e. The van der Waals surface area contributed by atoms with Crippen molar-refractivity contribution in [3.8, 4) is 11.4 Å². The van der Waals surface area contributed by atoms with Crippen LogP contribution in [-0.2, 0) is 10.2 Å².